The van der Waals surface area contributed by atoms with Crippen LogP contribution in [0.4, 0.5) is 5.82 Å². The van der Waals surface area contributed by atoms with Gasteiger partial charge in [-0.3, -0.25) is 19.2 Å². The number of thiophene rings is 1. The van der Waals surface area contributed by atoms with Crippen LogP contribution >= 0.6 is 23.1 Å². The Morgan fingerprint density at radius 1 is 1.07 bits per heavy atom. The molecule has 0 unspecified atom stereocenters. The number of nitrogens with one attached hydrogen (secondary N) is 3. The van der Waals surface area contributed by atoms with Gasteiger partial charge in [-0.15, -0.1) is 15.7 Å². The molecule has 0 aromatic carbocycles. The zero-order chi connectivity index (χ0) is 40.7. The zero-order valence-electron chi connectivity index (χ0n) is 31.9. The molecule has 2 aromatic rings. The van der Waals surface area contributed by atoms with Crippen molar-refractivity contribution in [2.45, 2.75) is 105 Å². The van der Waals surface area contributed by atoms with Crippen molar-refractivity contribution >= 4 is 72.4 Å². The summed E-state index contributed by atoms with van der Waals surface area (Å²) < 4.78 is 84.3. The number of amides is 1. The summed E-state index contributed by atoms with van der Waals surface area (Å²) in [5.74, 6) is -4.41. The number of ketones is 1. The third-order valence-electron chi connectivity index (χ3n) is 8.76. The first-order chi connectivity index (χ1) is 25.7. The first-order valence-corrected chi connectivity index (χ1v) is 22.4. The Morgan fingerprint density at radius 3 is 2.36 bits per heavy atom. The first kappa shape index (κ1) is 44.4. The summed E-state index contributed by atoms with van der Waals surface area (Å²) in [6, 6.07) is 0.833. The first-order valence-electron chi connectivity index (χ1n) is 17.9. The molecule has 5 atom stereocenters. The zero-order valence-corrected chi connectivity index (χ0v) is 35.2. The number of nitrogens with zero attached hydrogens (tertiary/aromatic N) is 3. The van der Waals surface area contributed by atoms with Crippen LogP contribution < -0.4 is 25.0 Å². The molecule has 2 aliphatic heterocycles. The van der Waals surface area contributed by atoms with E-state index in [4.69, 9.17) is 18.9 Å². The molecule has 2 aliphatic rings. The molecule has 55 heavy (non-hydrogen) atoms. The number of aromatic nitrogens is 2. The Labute approximate surface area is 329 Å². The second-order valence-electron chi connectivity index (χ2n) is 14.3. The van der Waals surface area contributed by atoms with Crippen LogP contribution in [-0.4, -0.2) is 118 Å². The summed E-state index contributed by atoms with van der Waals surface area (Å²) in [7, 11) is -8.34. The van der Waals surface area contributed by atoms with Crippen LogP contribution in [0.2, 0.25) is 0 Å². The van der Waals surface area contributed by atoms with Crippen molar-refractivity contribution in [3.63, 3.8) is 0 Å². The molecule has 1 amide bonds. The highest BCUT2D eigenvalue weighted by Gasteiger charge is 2.40. The maximum Gasteiger partial charge on any atom is 0.307 e. The SMILES string of the molecule is CCN[C@H]1C[C@H](C)S(=O)(=O)c2sc(S(=O)(=O)NC(=O)[C@H](C)C(=O)[C@H](C)OC(=O)CCC(=O)O[C@@H](CNC(C)(C)C)COc3nsnc3N3CCOCC3)cc21. The lowest BCUT2D eigenvalue weighted by molar-refractivity contribution is -0.159. The van der Waals surface area contributed by atoms with Crippen LogP contribution in [0.5, 0.6) is 5.88 Å². The molecule has 3 N–H and O–H groups in total. The predicted molar refractivity (Wildman–Crippen MR) is 202 cm³/mol. The quantitative estimate of drug-likeness (QED) is 0.143. The number of Topliss-reactive ketones (excluding diaryl/α,β-unsaturated/α-hetero) is 1. The maximum atomic E-state index is 13.2. The molecule has 2 aromatic heterocycles. The van der Waals surface area contributed by atoms with Gasteiger partial charge in [-0.1, -0.05) is 6.92 Å². The van der Waals surface area contributed by atoms with Crippen molar-refractivity contribution in [1.82, 2.24) is 24.1 Å². The van der Waals surface area contributed by atoms with E-state index in [1.54, 1.807) is 6.92 Å². The molecule has 0 bridgehead atoms. The van der Waals surface area contributed by atoms with Gasteiger partial charge in [0.2, 0.25) is 11.7 Å². The van der Waals surface area contributed by atoms with Gasteiger partial charge in [0.25, 0.3) is 15.9 Å². The minimum Gasteiger partial charge on any atom is -0.470 e. The Morgan fingerprint density at radius 2 is 1.73 bits per heavy atom. The Balaban J connectivity index is 1.29. The molecule has 1 fully saturated rings. The van der Waals surface area contributed by atoms with E-state index in [9.17, 15) is 36.0 Å². The van der Waals surface area contributed by atoms with Gasteiger partial charge < -0.3 is 34.5 Å². The van der Waals surface area contributed by atoms with E-state index in [1.165, 1.54) is 13.0 Å². The maximum absolute atomic E-state index is 13.2. The van der Waals surface area contributed by atoms with Gasteiger partial charge in [0.05, 0.1) is 49.0 Å². The number of sulfonamides is 1. The van der Waals surface area contributed by atoms with E-state index in [2.05, 4.69) is 19.4 Å². The molecule has 1 saturated heterocycles. The summed E-state index contributed by atoms with van der Waals surface area (Å²) >= 11 is 1.53. The second-order valence-corrected chi connectivity index (χ2v) is 20.3. The Bertz CT molecular complexity index is 1900. The monoisotopic (exact) mass is 850 g/mol. The number of carbonyl (C=O) groups excluding carboxylic acids is 4. The van der Waals surface area contributed by atoms with Gasteiger partial charge in [-0.2, -0.15) is 4.37 Å². The third-order valence-corrected chi connectivity index (χ3v) is 15.0. The highest BCUT2D eigenvalue weighted by Crippen LogP contribution is 2.42. The number of hydrogen-bond acceptors (Lipinski definition) is 19. The lowest BCUT2D eigenvalue weighted by Crippen LogP contribution is -2.44. The molecule has 0 spiro atoms. The van der Waals surface area contributed by atoms with Crippen molar-refractivity contribution in [1.29, 1.82) is 0 Å². The van der Waals surface area contributed by atoms with Crippen LogP contribution in [0.15, 0.2) is 14.5 Å². The number of ether oxygens (including phenoxy) is 4. The molecular weight excluding hydrogens is 801 g/mol. The molecule has 0 saturated carbocycles. The fourth-order valence-corrected chi connectivity index (χ4v) is 11.2. The number of esters is 2. The van der Waals surface area contributed by atoms with Crippen LogP contribution in [0.3, 0.4) is 0 Å². The molecule has 0 aliphatic carbocycles. The molecular formula is C33H50N6O12S4. The lowest BCUT2D eigenvalue weighted by atomic mass is 10.0. The largest absolute Gasteiger partial charge is 0.470 e. The van der Waals surface area contributed by atoms with Gasteiger partial charge in [0.15, 0.2) is 21.7 Å². The number of fused-ring (bicyclic) bond motifs is 1. The van der Waals surface area contributed by atoms with Gasteiger partial charge in [0.1, 0.15) is 21.1 Å². The highest BCUT2D eigenvalue weighted by molar-refractivity contribution is 7.95. The molecule has 0 radical (unpaired) electrons. The molecule has 4 heterocycles. The smallest absolute Gasteiger partial charge is 0.307 e. The number of sulfone groups is 1. The van der Waals surface area contributed by atoms with E-state index in [-0.39, 0.29) is 35.7 Å². The van der Waals surface area contributed by atoms with Crippen LogP contribution in [-0.2, 0) is 53.2 Å². The standard InChI is InChI=1S/C33H50N6O12S4/c1-8-34-24-15-19(2)54(44,45)32-23(24)16-27(52-32)55(46,47)38-30(43)20(3)28(42)21(4)50-25(40)9-10-26(41)51-22(17-35-33(5,6)7)18-49-31-29(36-53-37-31)39-11-13-48-14-12-39/h16,19-22,24,34-35H,8-15,17-18H2,1-7H3,(H,38,43)/t19-,20+,21-,22-,24-/m0/s1. The van der Waals surface area contributed by atoms with Crippen molar-refractivity contribution in [3.05, 3.63) is 11.6 Å². The average molecular weight is 851 g/mol. The number of morpholine rings is 1. The van der Waals surface area contributed by atoms with Crippen LogP contribution in [0, 0.1) is 5.92 Å². The van der Waals surface area contributed by atoms with Gasteiger partial charge in [-0.25, -0.2) is 21.6 Å². The predicted octanol–water partition coefficient (Wildman–Crippen LogP) is 1.75. The summed E-state index contributed by atoms with van der Waals surface area (Å²) in [6.45, 7) is 14.7. The van der Waals surface area contributed by atoms with Gasteiger partial charge >= 0.3 is 11.9 Å². The van der Waals surface area contributed by atoms with E-state index in [1.807, 2.05) is 37.3 Å². The molecule has 18 nitrogen and oxygen atoms in total. The van der Waals surface area contributed by atoms with Crippen LogP contribution in [0.1, 0.15) is 79.3 Å². The van der Waals surface area contributed by atoms with E-state index >= 15 is 0 Å². The fourth-order valence-electron chi connectivity index (χ4n) is 5.65. The topological polar surface area (TPSA) is 239 Å². The van der Waals surface area contributed by atoms with Gasteiger partial charge in [-0.05, 0) is 60.6 Å². The average Bonchev–Trinajstić information content (AvgIpc) is 3.80. The van der Waals surface area contributed by atoms with Crippen molar-refractivity contribution < 1.29 is 55.0 Å². The number of hydrogen-bond donors (Lipinski definition) is 3. The van der Waals surface area contributed by atoms with E-state index < -0.39 is 83.5 Å². The molecule has 4 rings (SSSR count). The Hall–Kier alpha value is -3.28. The summed E-state index contributed by atoms with van der Waals surface area (Å²) in [6.07, 6.45) is -2.80. The fraction of sp³-hybridized carbons (Fsp3) is 0.697. The summed E-state index contributed by atoms with van der Waals surface area (Å²) in [5.41, 5.74) is 0.000341. The number of rotatable bonds is 18. The minimum absolute atomic E-state index is 0.0487. The Kier molecular flexibility index (Phi) is 15.2. The van der Waals surface area contributed by atoms with Crippen LogP contribution in [0.25, 0.3) is 0 Å². The number of carbonyl (C=O) groups is 4. The van der Waals surface area contributed by atoms with Gasteiger partial charge in [0, 0.05) is 36.8 Å². The third kappa shape index (κ3) is 11.9. The normalized spacial score (nSPS) is 20.1. The molecule has 308 valence electrons. The van der Waals surface area contributed by atoms with Crippen molar-refractivity contribution in [3.8, 4) is 5.88 Å². The van der Waals surface area contributed by atoms with E-state index in [0.717, 1.165) is 18.7 Å². The van der Waals surface area contributed by atoms with Crippen molar-refractivity contribution in [2.75, 3.05) is 50.9 Å². The van der Waals surface area contributed by atoms with Crippen molar-refractivity contribution in [2.24, 2.45) is 5.92 Å². The second kappa shape index (κ2) is 18.8. The van der Waals surface area contributed by atoms with E-state index in [0.29, 0.717) is 61.4 Å². The lowest BCUT2D eigenvalue weighted by Gasteiger charge is -2.27. The highest BCUT2D eigenvalue weighted by atomic mass is 32.3. The minimum atomic E-state index is -4.56. The number of anilines is 1. The summed E-state index contributed by atoms with van der Waals surface area (Å²) in [4.78, 5) is 53.4. The molecule has 22 heteroatoms. The summed E-state index contributed by atoms with van der Waals surface area (Å²) in [5, 5.41) is 5.68.